The fraction of sp³-hybridized carbons (Fsp3) is 0.235. The van der Waals surface area contributed by atoms with Crippen LogP contribution in [0.25, 0.3) is 0 Å². The molecule has 1 aromatic heterocycles. The predicted octanol–water partition coefficient (Wildman–Crippen LogP) is 2.57. The topological polar surface area (TPSA) is 47.1 Å². The van der Waals surface area contributed by atoms with Crippen molar-refractivity contribution in [3.05, 3.63) is 54.5 Å². The van der Waals surface area contributed by atoms with Gasteiger partial charge in [-0.1, -0.05) is 6.07 Å². The van der Waals surface area contributed by atoms with Crippen LogP contribution in [0.5, 0.6) is 17.4 Å². The van der Waals surface area contributed by atoms with E-state index in [0.29, 0.717) is 12.7 Å². The standard InChI is InChI=1S/C17H17N3O3/c1-21-17-5-3-14(9-18-17)20-7-6-19(11-20)10-13-2-4-15-16(8-13)23-12-22-15/h2-9H,10-12H2,1H3. The molecule has 4 rings (SSSR count). The Morgan fingerprint density at radius 3 is 2.87 bits per heavy atom. The first-order valence-electron chi connectivity index (χ1n) is 7.39. The van der Waals surface area contributed by atoms with E-state index >= 15 is 0 Å². The summed E-state index contributed by atoms with van der Waals surface area (Å²) >= 11 is 0. The van der Waals surface area contributed by atoms with Crippen molar-refractivity contribution in [1.82, 2.24) is 9.88 Å². The molecule has 0 N–H and O–H groups in total. The summed E-state index contributed by atoms with van der Waals surface area (Å²) < 4.78 is 15.9. The zero-order chi connectivity index (χ0) is 15.6. The SMILES string of the molecule is COc1ccc(N2C=CN(Cc3ccc4c(c3)OCO4)C2)cn1. The van der Waals surface area contributed by atoms with Crippen molar-refractivity contribution in [1.29, 1.82) is 0 Å². The summed E-state index contributed by atoms with van der Waals surface area (Å²) in [6.07, 6.45) is 5.94. The van der Waals surface area contributed by atoms with Crippen LogP contribution < -0.4 is 19.1 Å². The average Bonchev–Trinajstić information content (AvgIpc) is 3.24. The van der Waals surface area contributed by atoms with E-state index in [4.69, 9.17) is 14.2 Å². The third kappa shape index (κ3) is 2.75. The third-order valence-corrected chi connectivity index (χ3v) is 3.88. The van der Waals surface area contributed by atoms with Crippen LogP contribution in [0.1, 0.15) is 5.56 Å². The number of hydrogen-bond acceptors (Lipinski definition) is 6. The molecular formula is C17H17N3O3. The summed E-state index contributed by atoms with van der Waals surface area (Å²) in [6.45, 7) is 1.90. The number of rotatable bonds is 4. The van der Waals surface area contributed by atoms with Crippen molar-refractivity contribution >= 4 is 5.69 Å². The monoisotopic (exact) mass is 311 g/mol. The van der Waals surface area contributed by atoms with E-state index in [9.17, 15) is 0 Å². The Hall–Kier alpha value is -2.89. The molecule has 0 unspecified atom stereocenters. The molecule has 1 aromatic carbocycles. The molecule has 2 aromatic rings. The Kier molecular flexibility index (Phi) is 3.42. The Morgan fingerprint density at radius 1 is 1.13 bits per heavy atom. The molecule has 0 saturated carbocycles. The molecule has 23 heavy (non-hydrogen) atoms. The maximum absolute atomic E-state index is 5.43. The minimum atomic E-state index is 0.306. The van der Waals surface area contributed by atoms with E-state index in [-0.39, 0.29) is 0 Å². The minimum absolute atomic E-state index is 0.306. The smallest absolute Gasteiger partial charge is 0.231 e. The number of pyridine rings is 1. The molecule has 6 heteroatoms. The van der Waals surface area contributed by atoms with E-state index in [1.807, 2.05) is 30.5 Å². The Labute approximate surface area is 134 Å². The van der Waals surface area contributed by atoms with Crippen LogP contribution in [0, 0.1) is 0 Å². The predicted molar refractivity (Wildman–Crippen MR) is 85.4 cm³/mol. The zero-order valence-corrected chi connectivity index (χ0v) is 12.8. The van der Waals surface area contributed by atoms with Crippen LogP contribution >= 0.6 is 0 Å². The van der Waals surface area contributed by atoms with E-state index in [1.54, 1.807) is 7.11 Å². The van der Waals surface area contributed by atoms with Gasteiger partial charge in [0.15, 0.2) is 11.5 Å². The van der Waals surface area contributed by atoms with Crippen molar-refractivity contribution in [2.75, 3.05) is 25.5 Å². The van der Waals surface area contributed by atoms with E-state index in [1.165, 1.54) is 5.56 Å². The molecule has 2 aliphatic heterocycles. The quantitative estimate of drug-likeness (QED) is 0.865. The summed E-state index contributed by atoms with van der Waals surface area (Å²) in [5.74, 6) is 2.26. The molecule has 3 heterocycles. The van der Waals surface area contributed by atoms with Crippen LogP contribution in [0.15, 0.2) is 48.9 Å². The summed E-state index contributed by atoms with van der Waals surface area (Å²) in [5.41, 5.74) is 2.23. The van der Waals surface area contributed by atoms with Gasteiger partial charge in [0.25, 0.3) is 0 Å². The van der Waals surface area contributed by atoms with E-state index in [0.717, 1.165) is 30.4 Å². The van der Waals surface area contributed by atoms with Crippen LogP contribution in [-0.2, 0) is 6.54 Å². The summed E-state index contributed by atoms with van der Waals surface area (Å²) in [5, 5.41) is 0. The number of benzene rings is 1. The first-order valence-corrected chi connectivity index (χ1v) is 7.39. The van der Waals surface area contributed by atoms with Gasteiger partial charge in [-0.05, 0) is 23.8 Å². The fourth-order valence-electron chi connectivity index (χ4n) is 2.67. The third-order valence-electron chi connectivity index (χ3n) is 3.88. The average molecular weight is 311 g/mol. The Bertz CT molecular complexity index is 730. The van der Waals surface area contributed by atoms with Gasteiger partial charge in [0.05, 0.1) is 25.7 Å². The van der Waals surface area contributed by atoms with Crippen LogP contribution in [0.4, 0.5) is 5.69 Å². The first kappa shape index (κ1) is 13.8. The lowest BCUT2D eigenvalue weighted by atomic mass is 10.2. The van der Waals surface area contributed by atoms with Crippen molar-refractivity contribution in [3.8, 4) is 17.4 Å². The maximum Gasteiger partial charge on any atom is 0.231 e. The zero-order valence-electron chi connectivity index (χ0n) is 12.8. The number of fused-ring (bicyclic) bond motifs is 1. The second-order valence-electron chi connectivity index (χ2n) is 5.40. The molecule has 0 bridgehead atoms. The van der Waals surface area contributed by atoms with Crippen LogP contribution in [-0.4, -0.2) is 30.5 Å². The largest absolute Gasteiger partial charge is 0.481 e. The van der Waals surface area contributed by atoms with Gasteiger partial charge in [-0.25, -0.2) is 4.98 Å². The number of aromatic nitrogens is 1. The molecule has 0 saturated heterocycles. The van der Waals surface area contributed by atoms with Gasteiger partial charge in [0, 0.05) is 25.0 Å². The number of nitrogens with zero attached hydrogens (tertiary/aromatic N) is 3. The number of methoxy groups -OCH3 is 1. The lowest BCUT2D eigenvalue weighted by Crippen LogP contribution is -2.24. The molecule has 118 valence electrons. The van der Waals surface area contributed by atoms with Crippen LogP contribution in [0.3, 0.4) is 0 Å². The van der Waals surface area contributed by atoms with E-state index in [2.05, 4.69) is 33.3 Å². The number of anilines is 1. The van der Waals surface area contributed by atoms with Crippen molar-refractivity contribution in [2.45, 2.75) is 6.54 Å². The normalized spacial score (nSPS) is 15.3. The highest BCUT2D eigenvalue weighted by molar-refractivity contribution is 5.49. The summed E-state index contributed by atoms with van der Waals surface area (Å²) in [6, 6.07) is 9.93. The van der Waals surface area contributed by atoms with Crippen molar-refractivity contribution < 1.29 is 14.2 Å². The summed E-state index contributed by atoms with van der Waals surface area (Å²) in [7, 11) is 1.62. The second kappa shape index (κ2) is 5.72. The molecule has 0 amide bonds. The maximum atomic E-state index is 5.43. The molecule has 2 aliphatic rings. The molecule has 0 fully saturated rings. The molecule has 0 atom stereocenters. The fourth-order valence-corrected chi connectivity index (χ4v) is 2.67. The molecule has 6 nitrogen and oxygen atoms in total. The highest BCUT2D eigenvalue weighted by Gasteiger charge is 2.17. The number of ether oxygens (including phenoxy) is 3. The van der Waals surface area contributed by atoms with Crippen molar-refractivity contribution in [3.63, 3.8) is 0 Å². The lowest BCUT2D eigenvalue weighted by Gasteiger charge is -2.21. The minimum Gasteiger partial charge on any atom is -0.481 e. The highest BCUT2D eigenvalue weighted by atomic mass is 16.7. The number of hydrogen-bond donors (Lipinski definition) is 0. The molecular weight excluding hydrogens is 294 g/mol. The van der Waals surface area contributed by atoms with Gasteiger partial charge < -0.3 is 24.0 Å². The van der Waals surface area contributed by atoms with Gasteiger partial charge in [-0.3, -0.25) is 0 Å². The lowest BCUT2D eigenvalue weighted by molar-refractivity contribution is 0.174. The van der Waals surface area contributed by atoms with Crippen molar-refractivity contribution in [2.24, 2.45) is 0 Å². The highest BCUT2D eigenvalue weighted by Crippen LogP contribution is 2.33. The summed E-state index contributed by atoms with van der Waals surface area (Å²) in [4.78, 5) is 8.61. The molecule has 0 radical (unpaired) electrons. The van der Waals surface area contributed by atoms with Gasteiger partial charge in [-0.15, -0.1) is 0 Å². The van der Waals surface area contributed by atoms with E-state index < -0.39 is 0 Å². The van der Waals surface area contributed by atoms with Crippen LogP contribution in [0.2, 0.25) is 0 Å². The van der Waals surface area contributed by atoms with Gasteiger partial charge >= 0.3 is 0 Å². The Balaban J connectivity index is 1.41. The Morgan fingerprint density at radius 2 is 2.04 bits per heavy atom. The first-order chi connectivity index (χ1) is 11.3. The van der Waals surface area contributed by atoms with Gasteiger partial charge in [0.2, 0.25) is 12.7 Å². The van der Waals surface area contributed by atoms with Gasteiger partial charge in [0.1, 0.15) is 0 Å². The second-order valence-corrected chi connectivity index (χ2v) is 5.40. The van der Waals surface area contributed by atoms with Gasteiger partial charge in [-0.2, -0.15) is 0 Å². The molecule has 0 aliphatic carbocycles. The molecule has 0 spiro atoms.